The predicted octanol–water partition coefficient (Wildman–Crippen LogP) is 2.15. The van der Waals surface area contributed by atoms with E-state index >= 15 is 0 Å². The number of aliphatic hydroxyl groups excluding tert-OH is 1. The molecule has 2 aromatic rings. The number of ether oxygens (including phenoxy) is 1. The highest BCUT2D eigenvalue weighted by Crippen LogP contribution is 2.23. The molecule has 0 spiro atoms. The van der Waals surface area contributed by atoms with Crippen molar-refractivity contribution < 1.29 is 14.2 Å². The van der Waals surface area contributed by atoms with E-state index < -0.39 is 11.9 Å². The number of rotatable bonds is 4. The van der Waals surface area contributed by atoms with Gasteiger partial charge in [0.15, 0.2) is 11.6 Å². The van der Waals surface area contributed by atoms with Gasteiger partial charge < -0.3 is 9.84 Å². The molecule has 5 heteroatoms. The lowest BCUT2D eigenvalue weighted by molar-refractivity contribution is 0.177. The molecule has 0 saturated heterocycles. The molecule has 0 saturated carbocycles. The Kier molecular flexibility index (Phi) is 3.85. The second-order valence-electron chi connectivity index (χ2n) is 4.53. The number of methoxy groups -OCH3 is 1. The Bertz CT molecular complexity index is 581. The SMILES string of the molecule is COc1ccc(CC(O)c2cn(C)nc2C)cc1F. The summed E-state index contributed by atoms with van der Waals surface area (Å²) in [6, 6.07) is 4.69. The number of hydrogen-bond donors (Lipinski definition) is 1. The Morgan fingerprint density at radius 3 is 2.74 bits per heavy atom. The Morgan fingerprint density at radius 2 is 2.21 bits per heavy atom. The van der Waals surface area contributed by atoms with E-state index in [9.17, 15) is 9.50 Å². The van der Waals surface area contributed by atoms with Crippen LogP contribution in [0.4, 0.5) is 4.39 Å². The van der Waals surface area contributed by atoms with Crippen molar-refractivity contribution >= 4 is 0 Å². The maximum atomic E-state index is 13.6. The fourth-order valence-electron chi connectivity index (χ4n) is 2.12. The molecule has 0 aliphatic heterocycles. The zero-order chi connectivity index (χ0) is 14.0. The minimum Gasteiger partial charge on any atom is -0.494 e. The second-order valence-corrected chi connectivity index (χ2v) is 4.53. The molecule has 0 amide bonds. The molecule has 0 fully saturated rings. The molecule has 0 aliphatic carbocycles. The Hall–Kier alpha value is -1.88. The van der Waals surface area contributed by atoms with Crippen molar-refractivity contribution in [2.45, 2.75) is 19.4 Å². The number of hydrogen-bond acceptors (Lipinski definition) is 3. The highest BCUT2D eigenvalue weighted by atomic mass is 19.1. The van der Waals surface area contributed by atoms with Gasteiger partial charge in [0.25, 0.3) is 0 Å². The van der Waals surface area contributed by atoms with E-state index in [1.54, 1.807) is 30.1 Å². The average Bonchev–Trinajstić information content (AvgIpc) is 2.69. The summed E-state index contributed by atoms with van der Waals surface area (Å²) in [6.45, 7) is 1.84. The molecule has 1 aromatic carbocycles. The number of aromatic nitrogens is 2. The van der Waals surface area contributed by atoms with E-state index in [-0.39, 0.29) is 5.75 Å². The maximum Gasteiger partial charge on any atom is 0.165 e. The largest absolute Gasteiger partial charge is 0.494 e. The summed E-state index contributed by atoms with van der Waals surface area (Å²) in [5, 5.41) is 14.4. The van der Waals surface area contributed by atoms with Gasteiger partial charge >= 0.3 is 0 Å². The first-order valence-corrected chi connectivity index (χ1v) is 6.02. The van der Waals surface area contributed by atoms with Gasteiger partial charge in [-0.25, -0.2) is 4.39 Å². The van der Waals surface area contributed by atoms with Crippen molar-refractivity contribution in [3.05, 3.63) is 47.0 Å². The van der Waals surface area contributed by atoms with Crippen LogP contribution >= 0.6 is 0 Å². The van der Waals surface area contributed by atoms with Crippen molar-refractivity contribution in [1.29, 1.82) is 0 Å². The highest BCUT2D eigenvalue weighted by Gasteiger charge is 2.15. The molecule has 1 heterocycles. The normalized spacial score (nSPS) is 12.5. The molecular weight excluding hydrogens is 247 g/mol. The zero-order valence-electron chi connectivity index (χ0n) is 11.2. The van der Waals surface area contributed by atoms with E-state index in [1.807, 2.05) is 6.92 Å². The molecule has 19 heavy (non-hydrogen) atoms. The first-order valence-electron chi connectivity index (χ1n) is 6.02. The van der Waals surface area contributed by atoms with Crippen molar-refractivity contribution in [3.63, 3.8) is 0 Å². The lowest BCUT2D eigenvalue weighted by Gasteiger charge is -2.10. The third-order valence-corrected chi connectivity index (χ3v) is 3.06. The van der Waals surface area contributed by atoms with Gasteiger partial charge in [-0.1, -0.05) is 6.07 Å². The molecule has 1 N–H and O–H groups in total. The Labute approximate surface area is 111 Å². The van der Waals surface area contributed by atoms with Gasteiger partial charge in [0.2, 0.25) is 0 Å². The fraction of sp³-hybridized carbons (Fsp3) is 0.357. The van der Waals surface area contributed by atoms with E-state index in [2.05, 4.69) is 5.10 Å². The fourth-order valence-corrected chi connectivity index (χ4v) is 2.12. The number of aliphatic hydroxyl groups is 1. The van der Waals surface area contributed by atoms with Gasteiger partial charge in [0, 0.05) is 25.2 Å². The summed E-state index contributed by atoms with van der Waals surface area (Å²) in [5.74, 6) is -0.217. The molecule has 102 valence electrons. The van der Waals surface area contributed by atoms with Crippen molar-refractivity contribution in [1.82, 2.24) is 9.78 Å². The zero-order valence-corrected chi connectivity index (χ0v) is 11.2. The molecular formula is C14H17FN2O2. The third kappa shape index (κ3) is 2.93. The van der Waals surface area contributed by atoms with Gasteiger partial charge in [-0.3, -0.25) is 4.68 Å². The van der Waals surface area contributed by atoms with Crippen molar-refractivity contribution in [3.8, 4) is 5.75 Å². The van der Waals surface area contributed by atoms with Crippen molar-refractivity contribution in [2.75, 3.05) is 7.11 Å². The topological polar surface area (TPSA) is 47.3 Å². The van der Waals surface area contributed by atoms with E-state index in [0.717, 1.165) is 11.3 Å². The summed E-state index contributed by atoms with van der Waals surface area (Å²) in [7, 11) is 3.22. The van der Waals surface area contributed by atoms with Gasteiger partial charge in [0.1, 0.15) is 0 Å². The molecule has 2 rings (SSSR count). The summed E-state index contributed by atoms with van der Waals surface area (Å²) >= 11 is 0. The van der Waals surface area contributed by atoms with Crippen LogP contribution in [0.25, 0.3) is 0 Å². The monoisotopic (exact) mass is 264 g/mol. The van der Waals surface area contributed by atoms with E-state index in [1.165, 1.54) is 13.2 Å². The highest BCUT2D eigenvalue weighted by molar-refractivity contribution is 5.31. The van der Waals surface area contributed by atoms with Crippen LogP contribution in [0.15, 0.2) is 24.4 Å². The lowest BCUT2D eigenvalue weighted by atomic mass is 10.0. The maximum absolute atomic E-state index is 13.6. The molecule has 4 nitrogen and oxygen atoms in total. The van der Waals surface area contributed by atoms with Crippen LogP contribution in [0.5, 0.6) is 5.75 Å². The summed E-state index contributed by atoms with van der Waals surface area (Å²) < 4.78 is 20.1. The second kappa shape index (κ2) is 5.40. The molecule has 1 unspecified atom stereocenters. The van der Waals surface area contributed by atoms with Crippen LogP contribution in [0.1, 0.15) is 22.9 Å². The molecule has 1 atom stereocenters. The number of aryl methyl sites for hydroxylation is 2. The summed E-state index contributed by atoms with van der Waals surface area (Å²) in [5.41, 5.74) is 2.26. The van der Waals surface area contributed by atoms with Crippen LogP contribution in [0, 0.1) is 12.7 Å². The lowest BCUT2D eigenvalue weighted by Crippen LogP contribution is -2.03. The van der Waals surface area contributed by atoms with Crippen LogP contribution in [0.3, 0.4) is 0 Å². The quantitative estimate of drug-likeness (QED) is 0.920. The summed E-state index contributed by atoms with van der Waals surface area (Å²) in [4.78, 5) is 0. The minimum absolute atomic E-state index is 0.204. The Balaban J connectivity index is 2.17. The van der Waals surface area contributed by atoms with E-state index in [4.69, 9.17) is 4.74 Å². The van der Waals surface area contributed by atoms with Gasteiger partial charge in [0.05, 0.1) is 18.9 Å². The minimum atomic E-state index is -0.693. The van der Waals surface area contributed by atoms with Crippen molar-refractivity contribution in [2.24, 2.45) is 7.05 Å². The first-order chi connectivity index (χ1) is 9.01. The molecule has 1 aromatic heterocycles. The van der Waals surface area contributed by atoms with Gasteiger partial charge in [-0.05, 0) is 24.6 Å². The van der Waals surface area contributed by atoms with Crippen LogP contribution < -0.4 is 4.74 Å². The number of halogens is 1. The Morgan fingerprint density at radius 1 is 1.47 bits per heavy atom. The number of benzene rings is 1. The number of nitrogens with zero attached hydrogens (tertiary/aromatic N) is 2. The third-order valence-electron chi connectivity index (χ3n) is 3.06. The van der Waals surface area contributed by atoms with Gasteiger partial charge in [-0.2, -0.15) is 5.10 Å². The standard InChI is InChI=1S/C14H17FN2O2/c1-9-11(8-17(2)16-9)13(18)7-10-4-5-14(19-3)12(15)6-10/h4-6,8,13,18H,7H2,1-3H3. The smallest absolute Gasteiger partial charge is 0.165 e. The van der Waals surface area contributed by atoms with Gasteiger partial charge in [-0.15, -0.1) is 0 Å². The molecule has 0 aliphatic rings. The van der Waals surface area contributed by atoms with E-state index in [0.29, 0.717) is 12.0 Å². The predicted molar refractivity (Wildman–Crippen MR) is 69.6 cm³/mol. The van der Waals surface area contributed by atoms with Crippen LogP contribution in [-0.4, -0.2) is 22.0 Å². The average molecular weight is 264 g/mol. The van der Waals surface area contributed by atoms with Crippen LogP contribution in [0.2, 0.25) is 0 Å². The van der Waals surface area contributed by atoms with Crippen LogP contribution in [-0.2, 0) is 13.5 Å². The molecule has 0 radical (unpaired) electrons. The first kappa shape index (κ1) is 13.5. The summed E-state index contributed by atoms with van der Waals surface area (Å²) in [6.07, 6.45) is 1.43. The molecule has 0 bridgehead atoms.